The number of thioether (sulfide) groups is 1. The lowest BCUT2D eigenvalue weighted by Crippen LogP contribution is -2.17. The summed E-state index contributed by atoms with van der Waals surface area (Å²) in [5, 5.41) is 23.8. The smallest absolute Gasteiger partial charge is 0.177 e. The van der Waals surface area contributed by atoms with E-state index in [0.717, 1.165) is 49.0 Å². The third-order valence-electron chi connectivity index (χ3n) is 4.57. The van der Waals surface area contributed by atoms with Crippen molar-refractivity contribution in [3.8, 4) is 6.07 Å². The van der Waals surface area contributed by atoms with Crippen LogP contribution in [0, 0.1) is 11.3 Å². The quantitative estimate of drug-likeness (QED) is 0.754. The molecule has 5 nitrogen and oxygen atoms in total. The van der Waals surface area contributed by atoms with Crippen molar-refractivity contribution in [1.29, 1.82) is 5.26 Å². The summed E-state index contributed by atoms with van der Waals surface area (Å²) in [5.74, 6) is 1.74. The fourth-order valence-electron chi connectivity index (χ4n) is 3.33. The van der Waals surface area contributed by atoms with E-state index in [-0.39, 0.29) is 0 Å². The Morgan fingerprint density at radius 2 is 2.24 bits per heavy atom. The summed E-state index contributed by atoms with van der Waals surface area (Å²) in [6.45, 7) is 3.84. The topological polar surface area (TPSA) is 57.7 Å². The number of hydrogen-bond acceptors (Lipinski definition) is 6. The Bertz CT molecular complexity index is 870. The average molecular weight is 370 g/mol. The number of thiophene rings is 1. The first-order valence-corrected chi connectivity index (χ1v) is 10.3. The summed E-state index contributed by atoms with van der Waals surface area (Å²) in [7, 11) is 0. The van der Waals surface area contributed by atoms with Gasteiger partial charge in [-0.25, -0.2) is 0 Å². The van der Waals surface area contributed by atoms with Crippen LogP contribution in [-0.2, 0) is 13.0 Å². The second-order valence-electron chi connectivity index (χ2n) is 6.04. The Balaban J connectivity index is 1.76. The maximum atomic E-state index is 9.91. The minimum atomic E-state index is 0.635. The van der Waals surface area contributed by atoms with Crippen LogP contribution in [-0.4, -0.2) is 26.2 Å². The number of allylic oxidation sites excluding steroid dienone is 1. The van der Waals surface area contributed by atoms with Crippen molar-refractivity contribution in [2.75, 3.05) is 6.54 Å². The molecule has 2 aromatic rings. The molecule has 7 heteroatoms. The van der Waals surface area contributed by atoms with Crippen molar-refractivity contribution in [2.24, 2.45) is 0 Å². The molecule has 2 aromatic heterocycles. The summed E-state index contributed by atoms with van der Waals surface area (Å²) in [5.41, 5.74) is 1.80. The van der Waals surface area contributed by atoms with Gasteiger partial charge in [-0.15, -0.1) is 21.5 Å². The van der Waals surface area contributed by atoms with Crippen LogP contribution < -0.4 is 0 Å². The van der Waals surface area contributed by atoms with Crippen molar-refractivity contribution in [1.82, 2.24) is 19.7 Å². The SMILES string of the molecule is CCN1C(c2cccs2)=CSC1=C(C#N)c1nnc2n1CCCCC2. The molecule has 4 heterocycles. The second-order valence-corrected chi connectivity index (χ2v) is 7.84. The number of aryl methyl sites for hydroxylation is 1. The normalized spacial score (nSPS) is 19.2. The summed E-state index contributed by atoms with van der Waals surface area (Å²) in [6, 6.07) is 6.59. The van der Waals surface area contributed by atoms with Crippen LogP contribution in [0.1, 0.15) is 42.7 Å². The minimum Gasteiger partial charge on any atom is -0.333 e. The predicted molar refractivity (Wildman–Crippen MR) is 102 cm³/mol. The molecule has 0 bridgehead atoms. The van der Waals surface area contributed by atoms with Gasteiger partial charge in [-0.1, -0.05) is 24.2 Å². The molecule has 0 unspecified atom stereocenters. The first-order valence-electron chi connectivity index (χ1n) is 8.58. The monoisotopic (exact) mass is 369 g/mol. The maximum absolute atomic E-state index is 9.91. The molecular weight excluding hydrogens is 350 g/mol. The Morgan fingerprint density at radius 3 is 3.00 bits per heavy atom. The van der Waals surface area contributed by atoms with Crippen molar-refractivity contribution >= 4 is 34.4 Å². The Morgan fingerprint density at radius 1 is 1.32 bits per heavy atom. The van der Waals surface area contributed by atoms with Gasteiger partial charge in [-0.3, -0.25) is 0 Å². The van der Waals surface area contributed by atoms with Crippen LogP contribution in [0.15, 0.2) is 27.9 Å². The molecule has 0 fully saturated rings. The third kappa shape index (κ3) is 2.90. The van der Waals surface area contributed by atoms with E-state index >= 15 is 0 Å². The number of fused-ring (bicyclic) bond motifs is 1. The highest BCUT2D eigenvalue weighted by molar-refractivity contribution is 8.06. The van der Waals surface area contributed by atoms with Gasteiger partial charge in [0.2, 0.25) is 0 Å². The van der Waals surface area contributed by atoms with Gasteiger partial charge in [-0.05, 0) is 31.2 Å². The number of hydrogen-bond donors (Lipinski definition) is 0. The zero-order chi connectivity index (χ0) is 17.2. The molecule has 0 saturated heterocycles. The van der Waals surface area contributed by atoms with Gasteiger partial charge in [-0.2, -0.15) is 5.26 Å². The number of aromatic nitrogens is 3. The van der Waals surface area contributed by atoms with Gasteiger partial charge in [0.15, 0.2) is 5.82 Å². The Hall–Kier alpha value is -2.04. The first-order chi connectivity index (χ1) is 12.3. The summed E-state index contributed by atoms with van der Waals surface area (Å²) < 4.78 is 2.15. The lowest BCUT2D eigenvalue weighted by atomic mass is 10.2. The van der Waals surface area contributed by atoms with Crippen molar-refractivity contribution in [3.63, 3.8) is 0 Å². The molecule has 2 aliphatic rings. The molecule has 0 spiro atoms. The van der Waals surface area contributed by atoms with E-state index in [4.69, 9.17) is 0 Å². The molecule has 0 radical (unpaired) electrons. The van der Waals surface area contributed by atoms with Crippen molar-refractivity contribution < 1.29 is 0 Å². The molecule has 0 aliphatic carbocycles. The first kappa shape index (κ1) is 16.4. The second kappa shape index (κ2) is 7.06. The molecule has 4 rings (SSSR count). The minimum absolute atomic E-state index is 0.635. The molecular formula is C18H19N5S2. The fraction of sp³-hybridized carbons (Fsp3) is 0.389. The number of nitrogens with zero attached hydrogens (tertiary/aromatic N) is 5. The van der Waals surface area contributed by atoms with Crippen LogP contribution in [0.3, 0.4) is 0 Å². The lowest BCUT2D eigenvalue weighted by molar-refractivity contribution is 0.558. The molecule has 0 atom stereocenters. The summed E-state index contributed by atoms with van der Waals surface area (Å²) in [4.78, 5) is 3.44. The van der Waals surface area contributed by atoms with Crippen LogP contribution in [0.25, 0.3) is 11.3 Å². The zero-order valence-corrected chi connectivity index (χ0v) is 15.7. The molecule has 0 saturated carbocycles. The van der Waals surface area contributed by atoms with Crippen molar-refractivity contribution in [2.45, 2.75) is 39.2 Å². The van der Waals surface area contributed by atoms with Crippen LogP contribution in [0.5, 0.6) is 0 Å². The van der Waals surface area contributed by atoms with Crippen LogP contribution in [0.4, 0.5) is 0 Å². The Labute approximate surface area is 155 Å². The number of nitriles is 1. The van der Waals surface area contributed by atoms with E-state index in [1.165, 1.54) is 17.0 Å². The summed E-state index contributed by atoms with van der Waals surface area (Å²) in [6.07, 6.45) is 4.43. The van der Waals surface area contributed by atoms with Gasteiger partial charge < -0.3 is 9.47 Å². The summed E-state index contributed by atoms with van der Waals surface area (Å²) >= 11 is 3.34. The molecule has 2 aliphatic heterocycles. The molecule has 0 amide bonds. The maximum Gasteiger partial charge on any atom is 0.177 e. The van der Waals surface area contributed by atoms with E-state index in [2.05, 4.69) is 55.6 Å². The van der Waals surface area contributed by atoms with E-state index in [9.17, 15) is 5.26 Å². The molecule has 0 N–H and O–H groups in total. The van der Waals surface area contributed by atoms with E-state index in [1.807, 2.05) is 0 Å². The standard InChI is InChI=1S/C18H19N5S2/c1-2-22-14(15-7-6-10-24-15)12-25-18(22)13(11-19)17-21-20-16-8-4-3-5-9-23(16)17/h6-7,10,12H,2-5,8-9H2,1H3. The van der Waals surface area contributed by atoms with Gasteiger partial charge in [0.05, 0.1) is 10.6 Å². The molecule has 25 heavy (non-hydrogen) atoms. The van der Waals surface area contributed by atoms with Gasteiger partial charge in [0.1, 0.15) is 22.5 Å². The molecule has 0 aromatic carbocycles. The highest BCUT2D eigenvalue weighted by Crippen LogP contribution is 2.43. The predicted octanol–water partition coefficient (Wildman–Crippen LogP) is 4.33. The largest absolute Gasteiger partial charge is 0.333 e. The fourth-order valence-corrected chi connectivity index (χ4v) is 5.25. The van der Waals surface area contributed by atoms with E-state index in [1.54, 1.807) is 23.1 Å². The Kier molecular flexibility index (Phi) is 4.64. The van der Waals surface area contributed by atoms with E-state index < -0.39 is 0 Å². The van der Waals surface area contributed by atoms with Crippen LogP contribution in [0.2, 0.25) is 0 Å². The van der Waals surface area contributed by atoms with Gasteiger partial charge >= 0.3 is 0 Å². The third-order valence-corrected chi connectivity index (χ3v) is 6.45. The average Bonchev–Trinajstić information content (AvgIpc) is 3.34. The zero-order valence-electron chi connectivity index (χ0n) is 14.1. The highest BCUT2D eigenvalue weighted by atomic mass is 32.2. The highest BCUT2D eigenvalue weighted by Gasteiger charge is 2.28. The molecule has 128 valence electrons. The number of rotatable bonds is 3. The van der Waals surface area contributed by atoms with E-state index in [0.29, 0.717) is 5.57 Å². The lowest BCUT2D eigenvalue weighted by Gasteiger charge is -2.22. The van der Waals surface area contributed by atoms with Gasteiger partial charge in [0, 0.05) is 24.9 Å². The van der Waals surface area contributed by atoms with Crippen molar-refractivity contribution in [3.05, 3.63) is 44.5 Å². The van der Waals surface area contributed by atoms with Crippen LogP contribution >= 0.6 is 23.1 Å². The van der Waals surface area contributed by atoms with Gasteiger partial charge in [0.25, 0.3) is 0 Å².